The molecule has 14 heavy (non-hydrogen) atoms. The standard InChI is InChI=1S/C12H26N2/c1-3-4-5-7-12(2)14-10-6-8-13-9-11-14/h12-13H,3-11H2,1-2H3. The Morgan fingerprint density at radius 3 is 2.86 bits per heavy atom. The van der Waals surface area contributed by atoms with E-state index in [1.165, 1.54) is 58.3 Å². The van der Waals surface area contributed by atoms with Crippen LogP contribution >= 0.6 is 0 Å². The van der Waals surface area contributed by atoms with E-state index in [4.69, 9.17) is 0 Å². The fraction of sp³-hybridized carbons (Fsp3) is 1.00. The van der Waals surface area contributed by atoms with Gasteiger partial charge in [0.15, 0.2) is 0 Å². The average molecular weight is 198 g/mol. The van der Waals surface area contributed by atoms with Crippen LogP contribution in [0.15, 0.2) is 0 Å². The topological polar surface area (TPSA) is 15.3 Å². The van der Waals surface area contributed by atoms with Gasteiger partial charge in [-0.05, 0) is 32.9 Å². The molecule has 1 aliphatic heterocycles. The Morgan fingerprint density at radius 1 is 1.21 bits per heavy atom. The minimum atomic E-state index is 0.793. The van der Waals surface area contributed by atoms with E-state index in [0.29, 0.717) is 0 Å². The third-order valence-electron chi connectivity index (χ3n) is 3.22. The van der Waals surface area contributed by atoms with Gasteiger partial charge in [0.05, 0.1) is 0 Å². The van der Waals surface area contributed by atoms with Crippen molar-refractivity contribution in [3.63, 3.8) is 0 Å². The second kappa shape index (κ2) is 7.24. The Balaban J connectivity index is 2.16. The van der Waals surface area contributed by atoms with E-state index in [-0.39, 0.29) is 0 Å². The molecule has 1 fully saturated rings. The van der Waals surface area contributed by atoms with Crippen LogP contribution in [-0.2, 0) is 0 Å². The highest BCUT2D eigenvalue weighted by Gasteiger charge is 2.14. The molecule has 0 radical (unpaired) electrons. The van der Waals surface area contributed by atoms with Crippen LogP contribution in [0.2, 0.25) is 0 Å². The summed E-state index contributed by atoms with van der Waals surface area (Å²) >= 11 is 0. The first-order valence-electron chi connectivity index (χ1n) is 6.29. The molecule has 0 amide bonds. The summed E-state index contributed by atoms with van der Waals surface area (Å²) in [6.07, 6.45) is 6.85. The summed E-state index contributed by atoms with van der Waals surface area (Å²) in [5.41, 5.74) is 0. The van der Waals surface area contributed by atoms with Crippen molar-refractivity contribution in [1.29, 1.82) is 0 Å². The Labute approximate surface area is 89.1 Å². The van der Waals surface area contributed by atoms with E-state index in [0.717, 1.165) is 6.04 Å². The predicted molar refractivity (Wildman–Crippen MR) is 62.7 cm³/mol. The number of hydrogen-bond acceptors (Lipinski definition) is 2. The van der Waals surface area contributed by atoms with Crippen LogP contribution in [0.25, 0.3) is 0 Å². The van der Waals surface area contributed by atoms with Gasteiger partial charge >= 0.3 is 0 Å². The summed E-state index contributed by atoms with van der Waals surface area (Å²) in [5, 5.41) is 3.46. The summed E-state index contributed by atoms with van der Waals surface area (Å²) in [7, 11) is 0. The third kappa shape index (κ3) is 4.43. The van der Waals surface area contributed by atoms with Crippen LogP contribution in [0, 0.1) is 0 Å². The fourth-order valence-corrected chi connectivity index (χ4v) is 2.18. The van der Waals surface area contributed by atoms with Crippen LogP contribution in [-0.4, -0.2) is 37.1 Å². The summed E-state index contributed by atoms with van der Waals surface area (Å²) in [6.45, 7) is 9.59. The smallest absolute Gasteiger partial charge is 0.0110 e. The number of nitrogens with zero attached hydrogens (tertiary/aromatic N) is 1. The van der Waals surface area contributed by atoms with Crippen LogP contribution < -0.4 is 5.32 Å². The molecule has 2 heteroatoms. The molecule has 84 valence electrons. The fourth-order valence-electron chi connectivity index (χ4n) is 2.18. The van der Waals surface area contributed by atoms with Gasteiger partial charge in [0.2, 0.25) is 0 Å². The lowest BCUT2D eigenvalue weighted by Crippen LogP contribution is -2.35. The minimum Gasteiger partial charge on any atom is -0.315 e. The van der Waals surface area contributed by atoms with Gasteiger partial charge in [-0.3, -0.25) is 4.90 Å². The lowest BCUT2D eigenvalue weighted by molar-refractivity contribution is 0.209. The van der Waals surface area contributed by atoms with Crippen LogP contribution in [0.4, 0.5) is 0 Å². The Kier molecular flexibility index (Phi) is 6.20. The number of hydrogen-bond donors (Lipinski definition) is 1. The molecule has 1 atom stereocenters. The predicted octanol–water partition coefficient (Wildman–Crippen LogP) is 2.25. The molecule has 0 saturated carbocycles. The monoisotopic (exact) mass is 198 g/mol. The van der Waals surface area contributed by atoms with Crippen molar-refractivity contribution in [3.05, 3.63) is 0 Å². The molecule has 0 aromatic rings. The summed E-state index contributed by atoms with van der Waals surface area (Å²) < 4.78 is 0. The number of rotatable bonds is 5. The normalized spacial score (nSPS) is 21.9. The van der Waals surface area contributed by atoms with Gasteiger partial charge in [0.1, 0.15) is 0 Å². The van der Waals surface area contributed by atoms with Crippen LogP contribution in [0.1, 0.15) is 46.0 Å². The van der Waals surface area contributed by atoms with Crippen LogP contribution in [0.5, 0.6) is 0 Å². The maximum Gasteiger partial charge on any atom is 0.0110 e. The third-order valence-corrected chi connectivity index (χ3v) is 3.22. The molecule has 1 saturated heterocycles. The second-order valence-electron chi connectivity index (χ2n) is 4.48. The van der Waals surface area contributed by atoms with Crippen molar-refractivity contribution in [2.75, 3.05) is 26.2 Å². The molecule has 0 aromatic heterocycles. The number of unbranched alkanes of at least 4 members (excludes halogenated alkanes) is 2. The van der Waals surface area contributed by atoms with E-state index in [2.05, 4.69) is 24.1 Å². The molecule has 1 heterocycles. The van der Waals surface area contributed by atoms with E-state index in [1.54, 1.807) is 0 Å². The molecule has 1 aliphatic rings. The van der Waals surface area contributed by atoms with Crippen molar-refractivity contribution in [2.24, 2.45) is 0 Å². The summed E-state index contributed by atoms with van der Waals surface area (Å²) in [6, 6.07) is 0.793. The largest absolute Gasteiger partial charge is 0.315 e. The molecule has 0 spiro atoms. The summed E-state index contributed by atoms with van der Waals surface area (Å²) in [5.74, 6) is 0. The molecule has 0 aromatic carbocycles. The molecular weight excluding hydrogens is 172 g/mol. The van der Waals surface area contributed by atoms with E-state index >= 15 is 0 Å². The molecule has 1 unspecified atom stereocenters. The van der Waals surface area contributed by atoms with Crippen molar-refractivity contribution in [2.45, 2.75) is 52.0 Å². The zero-order valence-corrected chi connectivity index (χ0v) is 9.89. The van der Waals surface area contributed by atoms with Crippen molar-refractivity contribution in [3.8, 4) is 0 Å². The quantitative estimate of drug-likeness (QED) is 0.682. The highest BCUT2D eigenvalue weighted by atomic mass is 15.2. The van der Waals surface area contributed by atoms with Crippen molar-refractivity contribution >= 4 is 0 Å². The second-order valence-corrected chi connectivity index (χ2v) is 4.48. The lowest BCUT2D eigenvalue weighted by Gasteiger charge is -2.27. The zero-order valence-electron chi connectivity index (χ0n) is 9.89. The van der Waals surface area contributed by atoms with Gasteiger partial charge in [0, 0.05) is 19.1 Å². The van der Waals surface area contributed by atoms with E-state index < -0.39 is 0 Å². The summed E-state index contributed by atoms with van der Waals surface area (Å²) in [4.78, 5) is 2.65. The Bertz CT molecular complexity index is 128. The molecule has 0 bridgehead atoms. The molecule has 1 N–H and O–H groups in total. The minimum absolute atomic E-state index is 0.793. The Morgan fingerprint density at radius 2 is 2.07 bits per heavy atom. The first-order valence-corrected chi connectivity index (χ1v) is 6.29. The zero-order chi connectivity index (χ0) is 10.2. The molecular formula is C12H26N2. The van der Waals surface area contributed by atoms with Gasteiger partial charge in [-0.2, -0.15) is 0 Å². The highest BCUT2D eigenvalue weighted by Crippen LogP contribution is 2.10. The maximum atomic E-state index is 3.46. The van der Waals surface area contributed by atoms with Gasteiger partial charge in [-0.15, -0.1) is 0 Å². The number of nitrogens with one attached hydrogen (secondary N) is 1. The first kappa shape index (κ1) is 12.0. The average Bonchev–Trinajstić information content (AvgIpc) is 2.46. The highest BCUT2D eigenvalue weighted by molar-refractivity contribution is 4.71. The van der Waals surface area contributed by atoms with Gasteiger partial charge in [-0.25, -0.2) is 0 Å². The molecule has 1 rings (SSSR count). The Hall–Kier alpha value is -0.0800. The maximum absolute atomic E-state index is 3.46. The van der Waals surface area contributed by atoms with E-state index in [1.807, 2.05) is 0 Å². The van der Waals surface area contributed by atoms with Gasteiger partial charge in [0.25, 0.3) is 0 Å². The van der Waals surface area contributed by atoms with Gasteiger partial charge < -0.3 is 5.32 Å². The van der Waals surface area contributed by atoms with Gasteiger partial charge in [-0.1, -0.05) is 26.2 Å². The van der Waals surface area contributed by atoms with Crippen molar-refractivity contribution < 1.29 is 0 Å². The first-order chi connectivity index (χ1) is 6.84. The van der Waals surface area contributed by atoms with Crippen LogP contribution in [0.3, 0.4) is 0 Å². The molecule has 0 aliphatic carbocycles. The molecule has 2 nitrogen and oxygen atoms in total. The lowest BCUT2D eigenvalue weighted by atomic mass is 10.1. The SMILES string of the molecule is CCCCCC(C)N1CCCNCC1. The van der Waals surface area contributed by atoms with Crippen molar-refractivity contribution in [1.82, 2.24) is 10.2 Å². The van der Waals surface area contributed by atoms with E-state index in [9.17, 15) is 0 Å².